The summed E-state index contributed by atoms with van der Waals surface area (Å²) in [7, 11) is 1.70. The van der Waals surface area contributed by atoms with Crippen molar-refractivity contribution >= 4 is 28.8 Å². The molecule has 4 nitrogen and oxygen atoms in total. The predicted molar refractivity (Wildman–Crippen MR) is 112 cm³/mol. The van der Waals surface area contributed by atoms with E-state index < -0.39 is 0 Å². The number of likely N-dealkylation sites (N-methyl/N-ethyl adjacent to an activating group) is 1. The number of nitrogens with zero attached hydrogens (tertiary/aromatic N) is 1. The number of thiophene rings is 1. The number of fused-ring (bicyclic) bond motifs is 1. The standard InChI is InChI=1S/C22H28N2O2S/c1-3-16-10-8-9-12-18(16)23-21(25)15-24(2)22(26)20-14-17-11-6-4-5-7-13-19(17)27-20/h8-10,12,14H,3-7,11,13,15H2,1-2H3,(H,23,25). The molecule has 144 valence electrons. The fourth-order valence-corrected chi connectivity index (χ4v) is 4.81. The number of nitrogens with one attached hydrogen (secondary N) is 1. The fourth-order valence-electron chi connectivity index (χ4n) is 3.57. The van der Waals surface area contributed by atoms with Gasteiger partial charge in [-0.25, -0.2) is 0 Å². The topological polar surface area (TPSA) is 49.4 Å². The molecular weight excluding hydrogens is 356 g/mol. The van der Waals surface area contributed by atoms with Gasteiger partial charge >= 0.3 is 0 Å². The van der Waals surface area contributed by atoms with Crippen LogP contribution in [0.15, 0.2) is 30.3 Å². The molecular formula is C22H28N2O2S. The molecule has 0 bridgehead atoms. The molecule has 1 aliphatic rings. The van der Waals surface area contributed by atoms with E-state index >= 15 is 0 Å². The molecule has 0 spiro atoms. The van der Waals surface area contributed by atoms with Gasteiger partial charge in [-0.3, -0.25) is 9.59 Å². The molecule has 5 heteroatoms. The third kappa shape index (κ3) is 4.98. The first kappa shape index (κ1) is 19.6. The van der Waals surface area contributed by atoms with E-state index in [0.717, 1.165) is 35.4 Å². The van der Waals surface area contributed by atoms with Crippen LogP contribution in [0.4, 0.5) is 5.69 Å². The third-order valence-electron chi connectivity index (χ3n) is 5.11. The van der Waals surface area contributed by atoms with Crippen LogP contribution in [-0.2, 0) is 24.1 Å². The van der Waals surface area contributed by atoms with Crippen molar-refractivity contribution in [3.8, 4) is 0 Å². The number of hydrogen-bond donors (Lipinski definition) is 1. The summed E-state index contributed by atoms with van der Waals surface area (Å²) in [6, 6.07) is 9.83. The van der Waals surface area contributed by atoms with Gasteiger partial charge in [-0.1, -0.05) is 38.0 Å². The smallest absolute Gasteiger partial charge is 0.264 e. The van der Waals surface area contributed by atoms with E-state index in [1.807, 2.05) is 24.3 Å². The molecule has 0 saturated heterocycles. The van der Waals surface area contributed by atoms with Crippen molar-refractivity contribution in [3.63, 3.8) is 0 Å². The second-order valence-corrected chi connectivity index (χ2v) is 8.33. The highest BCUT2D eigenvalue weighted by molar-refractivity contribution is 7.14. The molecule has 0 unspecified atom stereocenters. The highest BCUT2D eigenvalue weighted by Crippen LogP contribution is 2.29. The molecule has 1 aromatic carbocycles. The number of para-hydroxylation sites is 1. The Morgan fingerprint density at radius 3 is 2.63 bits per heavy atom. The van der Waals surface area contributed by atoms with Crippen LogP contribution < -0.4 is 5.32 Å². The van der Waals surface area contributed by atoms with Gasteiger partial charge in [-0.05, 0) is 55.4 Å². The summed E-state index contributed by atoms with van der Waals surface area (Å²) in [4.78, 5) is 28.8. The summed E-state index contributed by atoms with van der Waals surface area (Å²) in [5.74, 6) is -0.229. The van der Waals surface area contributed by atoms with E-state index in [4.69, 9.17) is 0 Å². The van der Waals surface area contributed by atoms with Gasteiger partial charge in [0.1, 0.15) is 0 Å². The van der Waals surface area contributed by atoms with E-state index in [1.165, 1.54) is 41.0 Å². The Hall–Kier alpha value is -2.14. The van der Waals surface area contributed by atoms with Crippen molar-refractivity contribution < 1.29 is 9.59 Å². The van der Waals surface area contributed by atoms with Gasteiger partial charge in [0, 0.05) is 17.6 Å². The molecule has 0 aliphatic heterocycles. The van der Waals surface area contributed by atoms with Crippen LogP contribution in [0.2, 0.25) is 0 Å². The summed E-state index contributed by atoms with van der Waals surface area (Å²) in [5, 5.41) is 2.93. The Labute approximate surface area is 165 Å². The number of benzene rings is 1. The lowest BCUT2D eigenvalue weighted by Crippen LogP contribution is -2.34. The second kappa shape index (κ2) is 9.18. The van der Waals surface area contributed by atoms with Crippen LogP contribution in [0.1, 0.15) is 58.3 Å². The molecule has 1 heterocycles. The molecule has 0 saturated carbocycles. The Kier molecular flexibility index (Phi) is 6.67. The first-order valence-electron chi connectivity index (χ1n) is 9.83. The zero-order valence-electron chi connectivity index (χ0n) is 16.2. The van der Waals surface area contributed by atoms with Crippen molar-refractivity contribution in [3.05, 3.63) is 51.2 Å². The quantitative estimate of drug-likeness (QED) is 0.814. The van der Waals surface area contributed by atoms with Crippen molar-refractivity contribution in [2.75, 3.05) is 18.9 Å². The summed E-state index contributed by atoms with van der Waals surface area (Å²) < 4.78 is 0. The molecule has 0 radical (unpaired) electrons. The van der Waals surface area contributed by atoms with Crippen LogP contribution in [0.3, 0.4) is 0 Å². The molecule has 2 amide bonds. The average Bonchev–Trinajstić information content (AvgIpc) is 3.03. The Balaban J connectivity index is 1.63. The lowest BCUT2D eigenvalue weighted by Gasteiger charge is -2.17. The Morgan fingerprint density at radius 1 is 1.11 bits per heavy atom. The van der Waals surface area contributed by atoms with E-state index in [2.05, 4.69) is 18.3 Å². The zero-order valence-corrected chi connectivity index (χ0v) is 17.0. The lowest BCUT2D eigenvalue weighted by atomic mass is 10.00. The van der Waals surface area contributed by atoms with Crippen LogP contribution in [-0.4, -0.2) is 30.3 Å². The normalized spacial score (nSPS) is 14.0. The molecule has 1 N–H and O–H groups in total. The van der Waals surface area contributed by atoms with Gasteiger partial charge in [-0.2, -0.15) is 0 Å². The minimum Gasteiger partial charge on any atom is -0.332 e. The van der Waals surface area contributed by atoms with Crippen LogP contribution in [0.25, 0.3) is 0 Å². The van der Waals surface area contributed by atoms with Crippen LogP contribution in [0, 0.1) is 0 Å². The molecule has 1 aromatic heterocycles. The van der Waals surface area contributed by atoms with Gasteiger partial charge in [0.05, 0.1) is 11.4 Å². The van der Waals surface area contributed by atoms with E-state index in [0.29, 0.717) is 0 Å². The largest absolute Gasteiger partial charge is 0.332 e. The second-order valence-electron chi connectivity index (χ2n) is 7.19. The summed E-state index contributed by atoms with van der Waals surface area (Å²) in [6.07, 6.45) is 7.95. The maximum atomic E-state index is 12.8. The highest BCUT2D eigenvalue weighted by atomic mass is 32.1. The van der Waals surface area contributed by atoms with Gasteiger partial charge in [-0.15, -0.1) is 11.3 Å². The fraction of sp³-hybridized carbons (Fsp3) is 0.455. The first-order chi connectivity index (χ1) is 13.1. The van der Waals surface area contributed by atoms with E-state index in [-0.39, 0.29) is 18.4 Å². The van der Waals surface area contributed by atoms with E-state index in [9.17, 15) is 9.59 Å². The molecule has 1 aliphatic carbocycles. The predicted octanol–water partition coefficient (Wildman–Crippen LogP) is 4.68. The minimum atomic E-state index is -0.165. The average molecular weight is 385 g/mol. The zero-order chi connectivity index (χ0) is 19.2. The molecule has 27 heavy (non-hydrogen) atoms. The first-order valence-corrected chi connectivity index (χ1v) is 10.6. The van der Waals surface area contributed by atoms with Gasteiger partial charge < -0.3 is 10.2 Å². The van der Waals surface area contributed by atoms with Crippen molar-refractivity contribution in [2.45, 2.75) is 51.9 Å². The highest BCUT2D eigenvalue weighted by Gasteiger charge is 2.20. The minimum absolute atomic E-state index is 0.0550. The number of aryl methyl sites for hydroxylation is 3. The van der Waals surface area contributed by atoms with Crippen molar-refractivity contribution in [1.82, 2.24) is 4.90 Å². The maximum Gasteiger partial charge on any atom is 0.264 e. The van der Waals surface area contributed by atoms with E-state index in [1.54, 1.807) is 18.4 Å². The lowest BCUT2D eigenvalue weighted by molar-refractivity contribution is -0.116. The number of anilines is 1. The maximum absolute atomic E-state index is 12.8. The molecule has 3 rings (SSSR count). The van der Waals surface area contributed by atoms with Gasteiger partial charge in [0.15, 0.2) is 0 Å². The van der Waals surface area contributed by atoms with Gasteiger partial charge in [0.2, 0.25) is 5.91 Å². The van der Waals surface area contributed by atoms with Gasteiger partial charge in [0.25, 0.3) is 5.91 Å². The third-order valence-corrected chi connectivity index (χ3v) is 6.33. The summed E-state index contributed by atoms with van der Waals surface area (Å²) in [5.41, 5.74) is 3.25. The Bertz CT molecular complexity index is 787. The Morgan fingerprint density at radius 2 is 1.85 bits per heavy atom. The van der Waals surface area contributed by atoms with Crippen LogP contribution in [0.5, 0.6) is 0 Å². The number of amides is 2. The van der Waals surface area contributed by atoms with Crippen molar-refractivity contribution in [1.29, 1.82) is 0 Å². The SMILES string of the molecule is CCc1ccccc1NC(=O)CN(C)C(=O)c1cc2c(s1)CCCCCC2. The number of hydrogen-bond acceptors (Lipinski definition) is 3. The number of carbonyl (C=O) groups is 2. The molecule has 2 aromatic rings. The summed E-state index contributed by atoms with van der Waals surface area (Å²) >= 11 is 1.61. The van der Waals surface area contributed by atoms with Crippen molar-refractivity contribution in [2.24, 2.45) is 0 Å². The monoisotopic (exact) mass is 384 g/mol. The van der Waals surface area contributed by atoms with Crippen LogP contribution >= 0.6 is 11.3 Å². The number of rotatable bonds is 5. The molecule has 0 fully saturated rings. The number of carbonyl (C=O) groups excluding carboxylic acids is 2. The summed E-state index contributed by atoms with van der Waals surface area (Å²) in [6.45, 7) is 2.11. The molecule has 0 atom stereocenters.